The third kappa shape index (κ3) is 4.91. The Labute approximate surface area is 214 Å². The van der Waals surface area contributed by atoms with E-state index in [9.17, 15) is 14.3 Å². The van der Waals surface area contributed by atoms with E-state index in [0.717, 1.165) is 53.8 Å². The summed E-state index contributed by atoms with van der Waals surface area (Å²) in [5.74, 6) is -0.316. The van der Waals surface area contributed by atoms with Crippen LogP contribution < -0.4 is 0 Å². The number of carbonyl (C=O) groups is 1. The van der Waals surface area contributed by atoms with Crippen molar-refractivity contribution in [3.8, 4) is 16.9 Å². The summed E-state index contributed by atoms with van der Waals surface area (Å²) in [6.45, 7) is 2.22. The molecule has 0 radical (unpaired) electrons. The fraction of sp³-hybridized carbons (Fsp3) is 0.357. The van der Waals surface area contributed by atoms with Gasteiger partial charge >= 0.3 is 0 Å². The van der Waals surface area contributed by atoms with E-state index in [4.69, 9.17) is 11.6 Å². The van der Waals surface area contributed by atoms with Crippen molar-refractivity contribution in [2.75, 3.05) is 0 Å². The van der Waals surface area contributed by atoms with Gasteiger partial charge in [-0.25, -0.2) is 4.39 Å². The molecular formula is C28H28ClFN2O2S. The summed E-state index contributed by atoms with van der Waals surface area (Å²) in [5, 5.41) is 9.39. The second-order valence-electron chi connectivity index (χ2n) is 9.38. The normalized spacial score (nSPS) is 20.0. The first-order valence-corrected chi connectivity index (χ1v) is 13.4. The number of halogens is 2. The zero-order valence-electron chi connectivity index (χ0n) is 19.6. The summed E-state index contributed by atoms with van der Waals surface area (Å²) in [6.07, 6.45) is 6.93. The smallest absolute Gasteiger partial charge is 0.238 e. The van der Waals surface area contributed by atoms with Crippen LogP contribution in [-0.2, 0) is 11.3 Å². The zero-order chi connectivity index (χ0) is 24.5. The molecule has 1 saturated carbocycles. The second kappa shape index (κ2) is 10.2. The fourth-order valence-corrected chi connectivity index (χ4v) is 6.89. The van der Waals surface area contributed by atoms with E-state index in [1.807, 2.05) is 48.4 Å². The summed E-state index contributed by atoms with van der Waals surface area (Å²) in [5.41, 5.74) is 3.91. The number of aromatic hydroxyl groups is 1. The number of phenols is 1. The van der Waals surface area contributed by atoms with Crippen LogP contribution in [0.1, 0.15) is 54.3 Å². The molecule has 1 aromatic heterocycles. The SMILES string of the molecule is Cc1ccc(-c2ccc(O)c(CN(C(=O)C3Sc4cccc(F)c4C3Cl)C3CCCCC3)c2)cn1. The van der Waals surface area contributed by atoms with Crippen LogP contribution in [0.25, 0.3) is 11.1 Å². The van der Waals surface area contributed by atoms with Gasteiger partial charge in [0.25, 0.3) is 0 Å². The highest BCUT2D eigenvalue weighted by Crippen LogP contribution is 2.49. The summed E-state index contributed by atoms with van der Waals surface area (Å²) in [6, 6.07) is 14.4. The third-order valence-electron chi connectivity index (χ3n) is 7.02. The van der Waals surface area contributed by atoms with Crippen molar-refractivity contribution >= 4 is 29.3 Å². The molecule has 5 rings (SSSR count). The van der Waals surface area contributed by atoms with E-state index in [-0.39, 0.29) is 30.1 Å². The lowest BCUT2D eigenvalue weighted by Crippen LogP contribution is -2.45. The topological polar surface area (TPSA) is 53.4 Å². The third-order valence-corrected chi connectivity index (χ3v) is 8.97. The maximum Gasteiger partial charge on any atom is 0.238 e. The molecule has 1 N–H and O–H groups in total. The van der Waals surface area contributed by atoms with Gasteiger partial charge in [0.05, 0.1) is 5.38 Å². The number of alkyl halides is 1. The molecule has 0 saturated heterocycles. The minimum Gasteiger partial charge on any atom is -0.508 e. The molecule has 3 aromatic rings. The van der Waals surface area contributed by atoms with Crippen LogP contribution in [0, 0.1) is 12.7 Å². The summed E-state index contributed by atoms with van der Waals surface area (Å²) in [4.78, 5) is 20.9. The Kier molecular flexibility index (Phi) is 7.03. The molecule has 1 fully saturated rings. The molecule has 1 aliphatic carbocycles. The molecule has 2 atom stereocenters. The molecule has 0 bridgehead atoms. The number of benzene rings is 2. The van der Waals surface area contributed by atoms with Crippen LogP contribution in [0.15, 0.2) is 59.6 Å². The van der Waals surface area contributed by atoms with E-state index in [0.29, 0.717) is 11.1 Å². The minimum absolute atomic E-state index is 0.0679. The molecule has 1 aliphatic heterocycles. The van der Waals surface area contributed by atoms with Crippen molar-refractivity contribution in [2.45, 2.75) is 67.1 Å². The van der Waals surface area contributed by atoms with Gasteiger partial charge in [0.15, 0.2) is 0 Å². The van der Waals surface area contributed by atoms with Gasteiger partial charge in [0.1, 0.15) is 16.8 Å². The summed E-state index contributed by atoms with van der Waals surface area (Å²) >= 11 is 8.02. The van der Waals surface area contributed by atoms with Crippen LogP contribution in [0.5, 0.6) is 5.75 Å². The largest absolute Gasteiger partial charge is 0.508 e. The number of aromatic nitrogens is 1. The Bertz CT molecular complexity index is 1230. The lowest BCUT2D eigenvalue weighted by Gasteiger charge is -2.36. The highest BCUT2D eigenvalue weighted by Gasteiger charge is 2.42. The molecule has 4 nitrogen and oxygen atoms in total. The monoisotopic (exact) mass is 510 g/mol. The lowest BCUT2D eigenvalue weighted by atomic mass is 9.93. The number of aryl methyl sites for hydroxylation is 1. The number of amides is 1. The average molecular weight is 511 g/mol. The quantitative estimate of drug-likeness (QED) is 0.375. The summed E-state index contributed by atoms with van der Waals surface area (Å²) < 4.78 is 14.5. The minimum atomic E-state index is -0.728. The molecule has 0 spiro atoms. The van der Waals surface area contributed by atoms with Gasteiger partial charge < -0.3 is 10.0 Å². The molecule has 2 heterocycles. The van der Waals surface area contributed by atoms with Gasteiger partial charge in [-0.2, -0.15) is 0 Å². The predicted molar refractivity (Wildman–Crippen MR) is 138 cm³/mol. The lowest BCUT2D eigenvalue weighted by molar-refractivity contribution is -0.134. The number of carbonyl (C=O) groups excluding carboxylic acids is 1. The van der Waals surface area contributed by atoms with Gasteiger partial charge in [0, 0.05) is 46.1 Å². The molecule has 2 aromatic carbocycles. The fourth-order valence-electron chi connectivity index (χ4n) is 5.07. The van der Waals surface area contributed by atoms with Crippen molar-refractivity contribution in [1.29, 1.82) is 0 Å². The molecule has 1 amide bonds. The number of nitrogens with zero attached hydrogens (tertiary/aromatic N) is 2. The van der Waals surface area contributed by atoms with Crippen LogP contribution in [0.3, 0.4) is 0 Å². The van der Waals surface area contributed by atoms with E-state index in [1.54, 1.807) is 12.1 Å². The van der Waals surface area contributed by atoms with Gasteiger partial charge in [-0.15, -0.1) is 23.4 Å². The van der Waals surface area contributed by atoms with Crippen molar-refractivity contribution in [3.63, 3.8) is 0 Å². The Morgan fingerprint density at radius 1 is 1.14 bits per heavy atom. The van der Waals surface area contributed by atoms with Crippen LogP contribution >= 0.6 is 23.4 Å². The van der Waals surface area contributed by atoms with Crippen molar-refractivity contribution < 1.29 is 14.3 Å². The Hall–Kier alpha value is -2.57. The Balaban J connectivity index is 1.45. The van der Waals surface area contributed by atoms with Gasteiger partial charge in [-0.05, 0) is 55.7 Å². The standard InChI is InChI=1S/C28H28ClFN2O2S/c1-17-10-11-19(15-31-17)18-12-13-23(33)20(14-18)16-32(21-6-3-2-4-7-21)28(34)27-26(29)25-22(30)8-5-9-24(25)35-27/h5,8-15,21,26-27,33H,2-4,6-7,16H2,1H3. The van der Waals surface area contributed by atoms with Gasteiger partial charge in [-0.1, -0.05) is 37.5 Å². The van der Waals surface area contributed by atoms with Crippen LogP contribution in [0.4, 0.5) is 4.39 Å². The Morgan fingerprint density at radius 2 is 1.91 bits per heavy atom. The number of pyridine rings is 1. The van der Waals surface area contributed by atoms with E-state index >= 15 is 0 Å². The number of fused-ring (bicyclic) bond motifs is 1. The highest BCUT2D eigenvalue weighted by atomic mass is 35.5. The maximum absolute atomic E-state index is 14.5. The first kappa shape index (κ1) is 24.1. The van der Waals surface area contributed by atoms with Crippen LogP contribution in [-0.4, -0.2) is 32.2 Å². The van der Waals surface area contributed by atoms with E-state index in [1.165, 1.54) is 17.8 Å². The van der Waals surface area contributed by atoms with E-state index < -0.39 is 10.6 Å². The average Bonchev–Trinajstić information content (AvgIpc) is 3.21. The molecule has 35 heavy (non-hydrogen) atoms. The predicted octanol–water partition coefficient (Wildman–Crippen LogP) is 7.02. The molecule has 7 heteroatoms. The van der Waals surface area contributed by atoms with Crippen LogP contribution in [0.2, 0.25) is 0 Å². The highest BCUT2D eigenvalue weighted by molar-refractivity contribution is 8.01. The first-order chi connectivity index (χ1) is 16.9. The van der Waals surface area contributed by atoms with Crippen molar-refractivity contribution in [3.05, 3.63) is 77.4 Å². The Morgan fingerprint density at radius 3 is 2.63 bits per heavy atom. The number of rotatable bonds is 5. The zero-order valence-corrected chi connectivity index (χ0v) is 21.2. The molecular weight excluding hydrogens is 483 g/mol. The molecule has 182 valence electrons. The molecule has 2 unspecified atom stereocenters. The summed E-state index contributed by atoms with van der Waals surface area (Å²) in [7, 11) is 0. The first-order valence-electron chi connectivity index (χ1n) is 12.1. The second-order valence-corrected chi connectivity index (χ2v) is 11.0. The van der Waals surface area contributed by atoms with Gasteiger partial charge in [-0.3, -0.25) is 9.78 Å². The number of phenolic OH excluding ortho intramolecular Hbond substituents is 1. The van der Waals surface area contributed by atoms with Crippen molar-refractivity contribution in [2.24, 2.45) is 0 Å². The van der Waals surface area contributed by atoms with Gasteiger partial charge in [0.2, 0.25) is 5.91 Å². The maximum atomic E-state index is 14.5. The van der Waals surface area contributed by atoms with E-state index in [2.05, 4.69) is 4.98 Å². The van der Waals surface area contributed by atoms with Crippen molar-refractivity contribution in [1.82, 2.24) is 9.88 Å². The molecule has 2 aliphatic rings. The number of thioether (sulfide) groups is 1. The number of hydrogen-bond acceptors (Lipinski definition) is 4. The number of hydrogen-bond donors (Lipinski definition) is 1.